The highest BCUT2D eigenvalue weighted by Crippen LogP contribution is 2.29. The quantitative estimate of drug-likeness (QED) is 0.799. The SMILES string of the molecule is C[C@@H](NC(=O)CC(C)(C)c1ccccc1)[C@@H](O)c1c(F)cccc1Cl. The first-order valence-electron chi connectivity index (χ1n) is 8.19. The summed E-state index contributed by atoms with van der Waals surface area (Å²) in [5, 5.41) is 13.3. The molecule has 0 heterocycles. The molecule has 2 rings (SSSR count). The molecule has 0 saturated carbocycles. The van der Waals surface area contributed by atoms with Crippen LogP contribution in [-0.4, -0.2) is 17.1 Å². The number of carbonyl (C=O) groups is 1. The summed E-state index contributed by atoms with van der Waals surface area (Å²) in [5.41, 5.74) is 0.695. The van der Waals surface area contributed by atoms with E-state index in [9.17, 15) is 14.3 Å². The summed E-state index contributed by atoms with van der Waals surface area (Å²) >= 11 is 5.98. The summed E-state index contributed by atoms with van der Waals surface area (Å²) in [6, 6.07) is 13.3. The molecule has 25 heavy (non-hydrogen) atoms. The normalized spacial score (nSPS) is 14.0. The molecule has 2 aromatic rings. The molecule has 3 nitrogen and oxygen atoms in total. The smallest absolute Gasteiger partial charge is 0.221 e. The molecule has 0 aromatic heterocycles. The number of nitrogens with one attached hydrogen (secondary N) is 1. The van der Waals surface area contributed by atoms with E-state index in [4.69, 9.17) is 11.6 Å². The van der Waals surface area contributed by atoms with Gasteiger partial charge >= 0.3 is 0 Å². The van der Waals surface area contributed by atoms with Crippen LogP contribution in [0.15, 0.2) is 48.5 Å². The van der Waals surface area contributed by atoms with Gasteiger partial charge in [-0.05, 0) is 30.0 Å². The lowest BCUT2D eigenvalue weighted by molar-refractivity contribution is -0.123. The lowest BCUT2D eigenvalue weighted by Gasteiger charge is -2.27. The summed E-state index contributed by atoms with van der Waals surface area (Å²) in [6.07, 6.45) is -0.975. The third-order valence-electron chi connectivity index (χ3n) is 4.32. The zero-order valence-electron chi connectivity index (χ0n) is 14.6. The Labute approximate surface area is 152 Å². The van der Waals surface area contributed by atoms with Crippen molar-refractivity contribution in [1.29, 1.82) is 0 Å². The van der Waals surface area contributed by atoms with Crippen LogP contribution in [0.4, 0.5) is 4.39 Å². The van der Waals surface area contributed by atoms with Crippen molar-refractivity contribution < 1.29 is 14.3 Å². The van der Waals surface area contributed by atoms with Gasteiger partial charge in [0.05, 0.1) is 6.04 Å². The van der Waals surface area contributed by atoms with Gasteiger partial charge < -0.3 is 10.4 Å². The Kier molecular flexibility index (Phi) is 6.20. The molecule has 1 amide bonds. The summed E-state index contributed by atoms with van der Waals surface area (Å²) in [5.74, 6) is -0.807. The monoisotopic (exact) mass is 363 g/mol. The fraction of sp³-hybridized carbons (Fsp3) is 0.350. The van der Waals surface area contributed by atoms with E-state index in [1.807, 2.05) is 44.2 Å². The van der Waals surface area contributed by atoms with Gasteiger partial charge in [0, 0.05) is 17.0 Å². The fourth-order valence-corrected chi connectivity index (χ4v) is 3.09. The van der Waals surface area contributed by atoms with Crippen molar-refractivity contribution in [2.75, 3.05) is 0 Å². The summed E-state index contributed by atoms with van der Waals surface area (Å²) < 4.78 is 13.9. The van der Waals surface area contributed by atoms with Crippen LogP contribution >= 0.6 is 11.6 Å². The van der Waals surface area contributed by atoms with E-state index in [2.05, 4.69) is 5.32 Å². The largest absolute Gasteiger partial charge is 0.386 e. The Hall–Kier alpha value is -1.91. The number of aliphatic hydroxyl groups is 1. The predicted octanol–water partition coefficient (Wildman–Crippen LogP) is 4.39. The highest BCUT2D eigenvalue weighted by atomic mass is 35.5. The first-order chi connectivity index (χ1) is 11.7. The van der Waals surface area contributed by atoms with Gasteiger partial charge in [-0.2, -0.15) is 0 Å². The Bertz CT molecular complexity index is 713. The zero-order valence-corrected chi connectivity index (χ0v) is 15.3. The van der Waals surface area contributed by atoms with E-state index in [0.29, 0.717) is 0 Å². The molecule has 0 bridgehead atoms. The number of hydrogen-bond acceptors (Lipinski definition) is 2. The number of amides is 1. The highest BCUT2D eigenvalue weighted by molar-refractivity contribution is 6.31. The maximum atomic E-state index is 13.9. The zero-order chi connectivity index (χ0) is 18.6. The first-order valence-corrected chi connectivity index (χ1v) is 8.57. The lowest BCUT2D eigenvalue weighted by Crippen LogP contribution is -2.40. The average molecular weight is 364 g/mol. The number of carbonyl (C=O) groups excluding carboxylic acids is 1. The van der Waals surface area contributed by atoms with E-state index < -0.39 is 18.0 Å². The topological polar surface area (TPSA) is 49.3 Å². The van der Waals surface area contributed by atoms with Crippen LogP contribution in [-0.2, 0) is 10.2 Å². The third kappa shape index (κ3) is 4.80. The molecule has 5 heteroatoms. The van der Waals surface area contributed by atoms with Gasteiger partial charge in [-0.1, -0.05) is 61.8 Å². The summed E-state index contributed by atoms with van der Waals surface area (Å²) in [6.45, 7) is 5.59. The molecule has 0 aliphatic rings. The second kappa shape index (κ2) is 7.98. The molecule has 0 saturated heterocycles. The van der Waals surface area contributed by atoms with E-state index in [1.54, 1.807) is 6.92 Å². The number of hydrogen-bond donors (Lipinski definition) is 2. The van der Waals surface area contributed by atoms with Crippen LogP contribution in [0.2, 0.25) is 5.02 Å². The fourth-order valence-electron chi connectivity index (χ4n) is 2.82. The molecule has 0 aliphatic heterocycles. The molecule has 0 fully saturated rings. The molecule has 0 aliphatic carbocycles. The van der Waals surface area contributed by atoms with E-state index in [1.165, 1.54) is 18.2 Å². The first kappa shape index (κ1) is 19.4. The van der Waals surface area contributed by atoms with Crippen LogP contribution in [0.5, 0.6) is 0 Å². The van der Waals surface area contributed by atoms with Crippen molar-refractivity contribution in [2.24, 2.45) is 0 Å². The summed E-state index contributed by atoms with van der Waals surface area (Å²) in [4.78, 5) is 12.4. The van der Waals surface area contributed by atoms with Gasteiger partial charge in [-0.3, -0.25) is 4.79 Å². The van der Waals surface area contributed by atoms with Crippen molar-refractivity contribution in [3.05, 3.63) is 70.5 Å². The van der Waals surface area contributed by atoms with Crippen molar-refractivity contribution in [2.45, 2.75) is 44.8 Å². The van der Waals surface area contributed by atoms with E-state index in [-0.39, 0.29) is 28.3 Å². The van der Waals surface area contributed by atoms with Gasteiger partial charge in [0.1, 0.15) is 11.9 Å². The predicted molar refractivity (Wildman–Crippen MR) is 98.1 cm³/mol. The van der Waals surface area contributed by atoms with Gasteiger partial charge in [0.15, 0.2) is 0 Å². The molecule has 0 spiro atoms. The Morgan fingerprint density at radius 1 is 1.20 bits per heavy atom. The van der Waals surface area contributed by atoms with Crippen molar-refractivity contribution >= 4 is 17.5 Å². The maximum absolute atomic E-state index is 13.9. The molecule has 0 unspecified atom stereocenters. The number of aliphatic hydroxyl groups excluding tert-OH is 1. The van der Waals surface area contributed by atoms with Crippen LogP contribution in [0.25, 0.3) is 0 Å². The Morgan fingerprint density at radius 3 is 2.44 bits per heavy atom. The van der Waals surface area contributed by atoms with Crippen LogP contribution < -0.4 is 5.32 Å². The van der Waals surface area contributed by atoms with Crippen molar-refractivity contribution in [3.8, 4) is 0 Å². The molecular formula is C20H23ClFNO2. The Morgan fingerprint density at radius 2 is 1.84 bits per heavy atom. The minimum atomic E-state index is -1.22. The number of halogens is 2. The minimum absolute atomic E-state index is 0.000661. The molecule has 2 aromatic carbocycles. The molecule has 0 radical (unpaired) electrons. The minimum Gasteiger partial charge on any atom is -0.386 e. The average Bonchev–Trinajstić information content (AvgIpc) is 2.54. The van der Waals surface area contributed by atoms with E-state index in [0.717, 1.165) is 5.56 Å². The van der Waals surface area contributed by atoms with Crippen molar-refractivity contribution in [1.82, 2.24) is 5.32 Å². The van der Waals surface area contributed by atoms with Gasteiger partial charge in [-0.25, -0.2) is 4.39 Å². The van der Waals surface area contributed by atoms with Gasteiger partial charge in [0.2, 0.25) is 5.91 Å². The standard InChI is InChI=1S/C20H23ClFNO2/c1-13(19(25)18-15(21)10-7-11-16(18)22)23-17(24)12-20(2,3)14-8-5-4-6-9-14/h4-11,13,19,25H,12H2,1-3H3,(H,23,24)/t13-,19-/m1/s1. The molecule has 2 N–H and O–H groups in total. The van der Waals surface area contributed by atoms with Gasteiger partial charge in [0.25, 0.3) is 0 Å². The number of rotatable bonds is 6. The van der Waals surface area contributed by atoms with Crippen molar-refractivity contribution in [3.63, 3.8) is 0 Å². The number of benzene rings is 2. The van der Waals surface area contributed by atoms with Crippen LogP contribution in [0.1, 0.15) is 44.4 Å². The second-order valence-corrected chi connectivity index (χ2v) is 7.27. The maximum Gasteiger partial charge on any atom is 0.221 e. The Balaban J connectivity index is 2.05. The van der Waals surface area contributed by atoms with E-state index >= 15 is 0 Å². The molecule has 134 valence electrons. The molecule has 2 atom stereocenters. The molecular weight excluding hydrogens is 341 g/mol. The third-order valence-corrected chi connectivity index (χ3v) is 4.65. The lowest BCUT2D eigenvalue weighted by atomic mass is 9.81. The van der Waals surface area contributed by atoms with Crippen LogP contribution in [0, 0.1) is 5.82 Å². The second-order valence-electron chi connectivity index (χ2n) is 6.86. The highest BCUT2D eigenvalue weighted by Gasteiger charge is 2.28. The summed E-state index contributed by atoms with van der Waals surface area (Å²) in [7, 11) is 0. The van der Waals surface area contributed by atoms with Gasteiger partial charge in [-0.15, -0.1) is 0 Å². The van der Waals surface area contributed by atoms with Crippen LogP contribution in [0.3, 0.4) is 0 Å².